The van der Waals surface area contributed by atoms with Gasteiger partial charge >= 0.3 is 6.09 Å². The van der Waals surface area contributed by atoms with Crippen LogP contribution in [0, 0.1) is 0 Å². The SMILES string of the molecule is CC1CN(c2ccc(N)c(O)c2)CC(C)N1C(=O)OC(C)(C)C. The van der Waals surface area contributed by atoms with E-state index in [0.29, 0.717) is 18.8 Å². The van der Waals surface area contributed by atoms with Gasteiger partial charge in [-0.1, -0.05) is 0 Å². The van der Waals surface area contributed by atoms with E-state index in [0.717, 1.165) is 5.69 Å². The fourth-order valence-corrected chi connectivity index (χ4v) is 2.94. The number of hydrogen-bond acceptors (Lipinski definition) is 5. The highest BCUT2D eigenvalue weighted by Crippen LogP contribution is 2.29. The summed E-state index contributed by atoms with van der Waals surface area (Å²) in [6, 6.07) is 5.26. The monoisotopic (exact) mass is 321 g/mol. The summed E-state index contributed by atoms with van der Waals surface area (Å²) < 4.78 is 5.51. The molecule has 1 aromatic rings. The molecule has 1 aliphatic rings. The maximum Gasteiger partial charge on any atom is 0.410 e. The number of nitrogens with zero attached hydrogens (tertiary/aromatic N) is 2. The number of ether oxygens (including phenoxy) is 1. The number of benzene rings is 1. The normalized spacial score (nSPS) is 22.1. The topological polar surface area (TPSA) is 79.0 Å². The second-order valence-electron chi connectivity index (χ2n) is 7.23. The number of amides is 1. The standard InChI is InChI=1S/C17H27N3O3/c1-11-9-19(13-6-7-14(18)15(21)8-13)10-12(2)20(11)16(22)23-17(3,4)5/h6-8,11-12,21H,9-10,18H2,1-5H3. The zero-order valence-electron chi connectivity index (χ0n) is 14.5. The number of nitrogen functional groups attached to an aromatic ring is 1. The Kier molecular flexibility index (Phi) is 4.63. The van der Waals surface area contributed by atoms with Crippen molar-refractivity contribution >= 4 is 17.5 Å². The van der Waals surface area contributed by atoms with Crippen LogP contribution in [-0.4, -0.2) is 46.9 Å². The van der Waals surface area contributed by atoms with Gasteiger partial charge in [-0.3, -0.25) is 4.90 Å². The van der Waals surface area contributed by atoms with E-state index in [1.807, 2.05) is 40.7 Å². The van der Waals surface area contributed by atoms with Crippen LogP contribution in [0.2, 0.25) is 0 Å². The van der Waals surface area contributed by atoms with Crippen LogP contribution in [0.3, 0.4) is 0 Å². The van der Waals surface area contributed by atoms with Gasteiger partial charge in [0.25, 0.3) is 0 Å². The molecule has 0 aliphatic carbocycles. The predicted octanol–water partition coefficient (Wildman–Crippen LogP) is 2.81. The average Bonchev–Trinajstić information content (AvgIpc) is 2.38. The highest BCUT2D eigenvalue weighted by Gasteiger charge is 2.35. The highest BCUT2D eigenvalue weighted by molar-refractivity contribution is 5.70. The third kappa shape index (κ3) is 4.00. The Morgan fingerprint density at radius 1 is 1.26 bits per heavy atom. The highest BCUT2D eigenvalue weighted by atomic mass is 16.6. The number of anilines is 2. The number of phenolic OH excluding ortho intramolecular Hbond substituents is 1. The summed E-state index contributed by atoms with van der Waals surface area (Å²) in [4.78, 5) is 16.3. The number of aromatic hydroxyl groups is 1. The molecule has 3 N–H and O–H groups in total. The molecule has 2 unspecified atom stereocenters. The Hall–Kier alpha value is -2.11. The molecule has 1 amide bonds. The molecule has 6 heteroatoms. The van der Waals surface area contributed by atoms with E-state index in [1.54, 1.807) is 17.0 Å². The van der Waals surface area contributed by atoms with Gasteiger partial charge in [0.2, 0.25) is 0 Å². The van der Waals surface area contributed by atoms with Crippen molar-refractivity contribution in [1.82, 2.24) is 4.90 Å². The first-order chi connectivity index (χ1) is 10.6. The Morgan fingerprint density at radius 2 is 1.83 bits per heavy atom. The molecule has 0 bridgehead atoms. The van der Waals surface area contributed by atoms with Crippen molar-refractivity contribution in [2.45, 2.75) is 52.3 Å². The van der Waals surface area contributed by atoms with E-state index in [-0.39, 0.29) is 23.9 Å². The molecular weight excluding hydrogens is 294 g/mol. The minimum atomic E-state index is -0.504. The van der Waals surface area contributed by atoms with Crippen LogP contribution in [0.25, 0.3) is 0 Å². The van der Waals surface area contributed by atoms with E-state index in [2.05, 4.69) is 4.90 Å². The van der Waals surface area contributed by atoms with Gasteiger partial charge in [-0.25, -0.2) is 4.79 Å². The molecule has 1 saturated heterocycles. The largest absolute Gasteiger partial charge is 0.506 e. The van der Waals surface area contributed by atoms with Crippen LogP contribution < -0.4 is 10.6 Å². The molecular formula is C17H27N3O3. The second-order valence-corrected chi connectivity index (χ2v) is 7.23. The quantitative estimate of drug-likeness (QED) is 0.614. The smallest absolute Gasteiger partial charge is 0.410 e. The fraction of sp³-hybridized carbons (Fsp3) is 0.588. The molecule has 1 aliphatic heterocycles. The molecule has 0 saturated carbocycles. The first-order valence-electron chi connectivity index (χ1n) is 7.93. The van der Waals surface area contributed by atoms with Gasteiger partial charge in [-0.05, 0) is 46.8 Å². The van der Waals surface area contributed by atoms with Crippen molar-refractivity contribution in [3.05, 3.63) is 18.2 Å². The Labute approximate surface area is 137 Å². The molecule has 0 aromatic heterocycles. The van der Waals surface area contributed by atoms with Crippen molar-refractivity contribution in [3.63, 3.8) is 0 Å². The molecule has 1 heterocycles. The minimum absolute atomic E-state index is 0.00768. The van der Waals surface area contributed by atoms with Crippen LogP contribution in [0.1, 0.15) is 34.6 Å². The van der Waals surface area contributed by atoms with Gasteiger partial charge in [0, 0.05) is 24.8 Å². The number of carbonyl (C=O) groups excluding carboxylic acids is 1. The summed E-state index contributed by atoms with van der Waals surface area (Å²) in [5, 5.41) is 9.79. The maximum atomic E-state index is 12.4. The van der Waals surface area contributed by atoms with Gasteiger partial charge < -0.3 is 20.5 Å². The van der Waals surface area contributed by atoms with Crippen LogP contribution >= 0.6 is 0 Å². The number of rotatable bonds is 1. The van der Waals surface area contributed by atoms with Crippen molar-refractivity contribution < 1.29 is 14.6 Å². The zero-order valence-corrected chi connectivity index (χ0v) is 14.5. The molecule has 6 nitrogen and oxygen atoms in total. The summed E-state index contributed by atoms with van der Waals surface area (Å²) in [5.41, 5.74) is 6.42. The number of carbonyl (C=O) groups is 1. The third-order valence-electron chi connectivity index (χ3n) is 3.90. The molecule has 1 aromatic carbocycles. The summed E-state index contributed by atoms with van der Waals surface area (Å²) in [7, 11) is 0. The molecule has 1 fully saturated rings. The van der Waals surface area contributed by atoms with Gasteiger partial charge in [0.05, 0.1) is 17.8 Å². The summed E-state index contributed by atoms with van der Waals surface area (Å²) in [6.07, 6.45) is -0.280. The fourth-order valence-electron chi connectivity index (χ4n) is 2.94. The third-order valence-corrected chi connectivity index (χ3v) is 3.90. The Bertz CT molecular complexity index is 571. The summed E-state index contributed by atoms with van der Waals surface area (Å²) in [6.45, 7) is 11.0. The van der Waals surface area contributed by atoms with E-state index < -0.39 is 5.60 Å². The van der Waals surface area contributed by atoms with Gasteiger partial charge in [-0.2, -0.15) is 0 Å². The lowest BCUT2D eigenvalue weighted by atomic mass is 10.1. The number of nitrogens with two attached hydrogens (primary N) is 1. The van der Waals surface area contributed by atoms with Crippen LogP contribution in [0.5, 0.6) is 5.75 Å². The van der Waals surface area contributed by atoms with E-state index in [4.69, 9.17) is 10.5 Å². The lowest BCUT2D eigenvalue weighted by Gasteiger charge is -2.45. The number of hydrogen-bond donors (Lipinski definition) is 2. The first kappa shape index (κ1) is 17.2. The average molecular weight is 321 g/mol. The Balaban J connectivity index is 2.12. The van der Waals surface area contributed by atoms with Crippen molar-refractivity contribution in [2.24, 2.45) is 0 Å². The molecule has 2 rings (SSSR count). The van der Waals surface area contributed by atoms with E-state index in [9.17, 15) is 9.90 Å². The van der Waals surface area contributed by atoms with E-state index >= 15 is 0 Å². The number of piperazine rings is 1. The van der Waals surface area contributed by atoms with Gasteiger partial charge in [0.1, 0.15) is 11.4 Å². The minimum Gasteiger partial charge on any atom is -0.506 e. The Morgan fingerprint density at radius 3 is 2.30 bits per heavy atom. The van der Waals surface area contributed by atoms with E-state index in [1.165, 1.54) is 0 Å². The maximum absolute atomic E-state index is 12.4. The van der Waals surface area contributed by atoms with Crippen molar-refractivity contribution in [1.29, 1.82) is 0 Å². The second kappa shape index (κ2) is 6.18. The molecule has 23 heavy (non-hydrogen) atoms. The van der Waals surface area contributed by atoms with Crippen LogP contribution in [0.4, 0.5) is 16.2 Å². The molecule has 128 valence electrons. The molecule has 0 spiro atoms. The van der Waals surface area contributed by atoms with Gasteiger partial charge in [0.15, 0.2) is 0 Å². The van der Waals surface area contributed by atoms with Gasteiger partial charge in [-0.15, -0.1) is 0 Å². The summed E-state index contributed by atoms with van der Waals surface area (Å²) in [5.74, 6) is 0.0809. The first-order valence-corrected chi connectivity index (χ1v) is 7.93. The lowest BCUT2D eigenvalue weighted by molar-refractivity contribution is 0.00566. The van der Waals surface area contributed by atoms with Crippen LogP contribution in [-0.2, 0) is 4.74 Å². The summed E-state index contributed by atoms with van der Waals surface area (Å²) >= 11 is 0. The molecule has 2 atom stereocenters. The van der Waals surface area contributed by atoms with Crippen molar-refractivity contribution in [2.75, 3.05) is 23.7 Å². The lowest BCUT2D eigenvalue weighted by Crippen LogP contribution is -2.59. The zero-order chi connectivity index (χ0) is 17.4. The molecule has 0 radical (unpaired) electrons. The van der Waals surface area contributed by atoms with Crippen molar-refractivity contribution in [3.8, 4) is 5.75 Å². The number of phenols is 1. The van der Waals surface area contributed by atoms with Crippen LogP contribution in [0.15, 0.2) is 18.2 Å². The predicted molar refractivity (Wildman–Crippen MR) is 91.7 cm³/mol.